The average molecular weight is 202 g/mol. The fourth-order valence-electron chi connectivity index (χ4n) is 1.03. The highest BCUT2D eigenvalue weighted by atomic mass is 16.5. The van der Waals surface area contributed by atoms with Crippen LogP contribution in [0.4, 0.5) is 0 Å². The molecule has 1 atom stereocenters. The summed E-state index contributed by atoms with van der Waals surface area (Å²) in [5, 5.41) is 9.51. The smallest absolute Gasteiger partial charge is 0.328 e. The summed E-state index contributed by atoms with van der Waals surface area (Å²) < 4.78 is 4.31. The number of hydrogen-bond acceptors (Lipinski definition) is 5. The first kappa shape index (κ1) is 10.5. The molecular weight excluding hydrogens is 192 g/mol. The highest BCUT2D eigenvalue weighted by Crippen LogP contribution is 2.15. The molecule has 1 aliphatic rings. The summed E-state index contributed by atoms with van der Waals surface area (Å²) >= 11 is 0. The molecule has 14 heavy (non-hydrogen) atoms. The van der Waals surface area contributed by atoms with Crippen molar-refractivity contribution in [2.75, 3.05) is 13.7 Å². The second-order valence-electron chi connectivity index (χ2n) is 2.73. The summed E-state index contributed by atoms with van der Waals surface area (Å²) in [5.41, 5.74) is 2.38. The zero-order valence-corrected chi connectivity index (χ0v) is 7.52. The molecular formula is C7H10N2O5. The molecule has 1 unspecified atom stereocenters. The molecule has 78 valence electrons. The lowest BCUT2D eigenvalue weighted by Gasteiger charge is -2.36. The molecule has 0 aromatic rings. The summed E-state index contributed by atoms with van der Waals surface area (Å²) in [5.74, 6) is -2.00. The number of nitrogens with one attached hydrogen (secondary N) is 1. The first-order valence-electron chi connectivity index (χ1n) is 3.91. The number of amides is 1. The predicted molar refractivity (Wildman–Crippen MR) is 42.9 cm³/mol. The minimum atomic E-state index is -1.10. The number of hydrogen-bond donors (Lipinski definition) is 2. The van der Waals surface area contributed by atoms with Gasteiger partial charge in [-0.15, -0.1) is 0 Å². The van der Waals surface area contributed by atoms with Gasteiger partial charge in [-0.25, -0.2) is 10.2 Å². The van der Waals surface area contributed by atoms with Crippen LogP contribution in [0.5, 0.6) is 0 Å². The molecule has 0 spiro atoms. The number of ether oxygens (including phenoxy) is 1. The van der Waals surface area contributed by atoms with Crippen molar-refractivity contribution < 1.29 is 24.2 Å². The van der Waals surface area contributed by atoms with Crippen molar-refractivity contribution in [3.63, 3.8) is 0 Å². The van der Waals surface area contributed by atoms with Crippen molar-refractivity contribution in [1.82, 2.24) is 10.4 Å². The minimum Gasteiger partial charge on any atom is -0.480 e. The number of rotatable bonds is 4. The normalized spacial score (nSPS) is 20.2. The number of β-lactam (4-membered cyclic amide) rings is 1. The van der Waals surface area contributed by atoms with Crippen molar-refractivity contribution in [2.24, 2.45) is 0 Å². The molecule has 1 amide bonds. The van der Waals surface area contributed by atoms with E-state index in [1.54, 1.807) is 0 Å². The Morgan fingerprint density at radius 3 is 2.79 bits per heavy atom. The molecule has 0 bridgehead atoms. The fraction of sp³-hybridized carbons (Fsp3) is 0.571. The number of hydrazine groups is 1. The molecule has 1 saturated heterocycles. The van der Waals surface area contributed by atoms with E-state index in [1.807, 2.05) is 0 Å². The van der Waals surface area contributed by atoms with Crippen LogP contribution in [0.25, 0.3) is 0 Å². The summed E-state index contributed by atoms with van der Waals surface area (Å²) in [6, 6.07) is -0.882. The van der Waals surface area contributed by atoms with E-state index in [-0.39, 0.29) is 18.9 Å². The number of esters is 1. The number of methoxy groups -OCH3 is 1. The molecule has 1 heterocycles. The van der Waals surface area contributed by atoms with Gasteiger partial charge in [0.05, 0.1) is 13.5 Å². The molecule has 7 nitrogen and oxygen atoms in total. The predicted octanol–water partition coefficient (Wildman–Crippen LogP) is -1.65. The molecule has 0 saturated carbocycles. The maximum Gasteiger partial charge on any atom is 0.328 e. The van der Waals surface area contributed by atoms with Gasteiger partial charge in [0.15, 0.2) is 6.04 Å². The Kier molecular flexibility index (Phi) is 3.03. The third kappa shape index (κ3) is 1.99. The molecule has 0 aliphatic carbocycles. The van der Waals surface area contributed by atoms with Crippen molar-refractivity contribution in [3.8, 4) is 0 Å². The van der Waals surface area contributed by atoms with E-state index in [1.165, 1.54) is 7.11 Å². The van der Waals surface area contributed by atoms with Crippen LogP contribution in [-0.2, 0) is 19.1 Å². The monoisotopic (exact) mass is 202 g/mol. The lowest BCUT2D eigenvalue weighted by molar-refractivity contribution is -0.168. The zero-order valence-electron chi connectivity index (χ0n) is 7.52. The van der Waals surface area contributed by atoms with Crippen molar-refractivity contribution in [2.45, 2.75) is 12.5 Å². The van der Waals surface area contributed by atoms with E-state index in [4.69, 9.17) is 5.11 Å². The fourth-order valence-corrected chi connectivity index (χ4v) is 1.03. The van der Waals surface area contributed by atoms with Gasteiger partial charge in [-0.2, -0.15) is 0 Å². The first-order valence-corrected chi connectivity index (χ1v) is 3.91. The average Bonchev–Trinajstić information content (AvgIpc) is 2.13. The first-order chi connectivity index (χ1) is 6.56. The second-order valence-corrected chi connectivity index (χ2v) is 2.73. The molecule has 1 fully saturated rings. The molecule has 1 aliphatic heterocycles. The third-order valence-electron chi connectivity index (χ3n) is 1.85. The quantitative estimate of drug-likeness (QED) is 0.419. The molecule has 0 radical (unpaired) electrons. The van der Waals surface area contributed by atoms with Gasteiger partial charge >= 0.3 is 11.9 Å². The zero-order chi connectivity index (χ0) is 10.7. The Balaban J connectivity index is 2.39. The number of carboxylic acids is 1. The summed E-state index contributed by atoms with van der Waals surface area (Å²) in [7, 11) is 1.20. The van der Waals surface area contributed by atoms with Crippen LogP contribution in [0, 0.1) is 0 Å². The van der Waals surface area contributed by atoms with Crippen LogP contribution in [-0.4, -0.2) is 47.7 Å². The topological polar surface area (TPSA) is 95.9 Å². The number of carbonyl (C=O) groups is 3. The number of nitrogens with zero attached hydrogens (tertiary/aromatic N) is 1. The number of carboxylic acid groups (broad SMARTS) is 1. The van der Waals surface area contributed by atoms with Crippen LogP contribution >= 0.6 is 0 Å². The van der Waals surface area contributed by atoms with Crippen LogP contribution in [0.15, 0.2) is 0 Å². The largest absolute Gasteiger partial charge is 0.480 e. The van der Waals surface area contributed by atoms with Crippen molar-refractivity contribution in [1.29, 1.82) is 0 Å². The van der Waals surface area contributed by atoms with E-state index in [0.717, 1.165) is 5.01 Å². The Morgan fingerprint density at radius 1 is 1.71 bits per heavy atom. The Morgan fingerprint density at radius 2 is 2.36 bits per heavy atom. The molecule has 2 N–H and O–H groups in total. The molecule has 0 aromatic heterocycles. The maximum absolute atomic E-state index is 10.9. The van der Waals surface area contributed by atoms with Crippen LogP contribution < -0.4 is 5.43 Å². The van der Waals surface area contributed by atoms with Gasteiger partial charge in [0, 0.05) is 0 Å². The number of aliphatic carboxylic acids is 1. The third-order valence-corrected chi connectivity index (χ3v) is 1.85. The Hall–Kier alpha value is -1.63. The highest BCUT2D eigenvalue weighted by Gasteiger charge is 2.41. The van der Waals surface area contributed by atoms with Crippen LogP contribution in [0.1, 0.15) is 6.42 Å². The molecule has 7 heteroatoms. The lowest BCUT2D eigenvalue weighted by Crippen LogP contribution is -2.63. The van der Waals surface area contributed by atoms with Gasteiger partial charge in [-0.1, -0.05) is 0 Å². The second kappa shape index (κ2) is 4.05. The maximum atomic E-state index is 10.9. The van der Waals surface area contributed by atoms with Gasteiger partial charge in [-0.3, -0.25) is 14.6 Å². The summed E-state index contributed by atoms with van der Waals surface area (Å²) in [6.45, 7) is -0.216. The van der Waals surface area contributed by atoms with E-state index in [2.05, 4.69) is 10.2 Å². The van der Waals surface area contributed by atoms with Crippen molar-refractivity contribution in [3.05, 3.63) is 0 Å². The van der Waals surface area contributed by atoms with E-state index in [9.17, 15) is 14.4 Å². The van der Waals surface area contributed by atoms with Gasteiger partial charge in [0.2, 0.25) is 5.91 Å². The van der Waals surface area contributed by atoms with E-state index in [0.29, 0.717) is 0 Å². The van der Waals surface area contributed by atoms with E-state index < -0.39 is 18.0 Å². The number of carbonyl (C=O) groups excluding carboxylic acids is 2. The van der Waals surface area contributed by atoms with Gasteiger partial charge in [0.1, 0.15) is 6.54 Å². The van der Waals surface area contributed by atoms with Gasteiger partial charge in [0.25, 0.3) is 0 Å². The Labute approximate surface area is 79.6 Å². The summed E-state index contributed by atoms with van der Waals surface area (Å²) in [6.07, 6.45) is -0.0382. The summed E-state index contributed by atoms with van der Waals surface area (Å²) in [4.78, 5) is 32.1. The molecule has 0 aromatic carbocycles. The van der Waals surface area contributed by atoms with Crippen LogP contribution in [0.3, 0.4) is 0 Å². The molecule has 1 rings (SSSR count). The SMILES string of the molecule is COC(=O)CNN1C(=O)CC1C(=O)O. The van der Waals surface area contributed by atoms with Gasteiger partial charge in [-0.05, 0) is 0 Å². The van der Waals surface area contributed by atoms with Gasteiger partial charge < -0.3 is 9.84 Å². The standard InChI is InChI=1S/C7H10N2O5/c1-14-6(11)3-8-9-4(7(12)13)2-5(9)10/h4,8H,2-3H2,1H3,(H,12,13). The Bertz CT molecular complexity index is 277. The lowest BCUT2D eigenvalue weighted by atomic mass is 10.1. The van der Waals surface area contributed by atoms with E-state index >= 15 is 0 Å². The van der Waals surface area contributed by atoms with Crippen molar-refractivity contribution >= 4 is 17.8 Å². The van der Waals surface area contributed by atoms with Crippen LogP contribution in [0.2, 0.25) is 0 Å². The minimum absolute atomic E-state index is 0.0382. The highest BCUT2D eigenvalue weighted by molar-refractivity contribution is 5.94.